The summed E-state index contributed by atoms with van der Waals surface area (Å²) < 4.78 is 2.00. The second-order valence-corrected chi connectivity index (χ2v) is 9.23. The number of imidazole rings is 1. The molecule has 33 heavy (non-hydrogen) atoms. The predicted octanol–water partition coefficient (Wildman–Crippen LogP) is 2.58. The minimum absolute atomic E-state index is 0.0361. The lowest BCUT2D eigenvalue weighted by atomic mass is 10.1. The van der Waals surface area contributed by atoms with Crippen LogP contribution in [0.2, 0.25) is 0 Å². The van der Waals surface area contributed by atoms with Gasteiger partial charge in [-0.05, 0) is 44.2 Å². The quantitative estimate of drug-likeness (QED) is 0.552. The number of anilines is 1. The summed E-state index contributed by atoms with van der Waals surface area (Å²) in [5.41, 5.74) is 2.99. The normalized spacial score (nSPS) is 18.2. The van der Waals surface area contributed by atoms with Crippen molar-refractivity contribution in [1.82, 2.24) is 29.7 Å². The van der Waals surface area contributed by atoms with E-state index in [-0.39, 0.29) is 11.8 Å². The van der Waals surface area contributed by atoms with Gasteiger partial charge < -0.3 is 20.1 Å². The maximum absolute atomic E-state index is 12.3. The molecule has 1 saturated heterocycles. The number of hydrogen-bond donors (Lipinski definition) is 2. The molecule has 0 bridgehead atoms. The minimum atomic E-state index is -0.0361. The number of likely N-dealkylation sites (tertiary alicyclic amines) is 1. The predicted molar refractivity (Wildman–Crippen MR) is 124 cm³/mol. The Morgan fingerprint density at radius 3 is 2.52 bits per heavy atom. The van der Waals surface area contributed by atoms with Gasteiger partial charge in [0.15, 0.2) is 17.3 Å². The number of benzene rings is 1. The van der Waals surface area contributed by atoms with E-state index >= 15 is 0 Å². The molecule has 170 valence electrons. The third kappa shape index (κ3) is 4.27. The van der Waals surface area contributed by atoms with Gasteiger partial charge in [-0.2, -0.15) is 0 Å². The van der Waals surface area contributed by atoms with Crippen molar-refractivity contribution in [3.8, 4) is 11.4 Å². The van der Waals surface area contributed by atoms with E-state index < -0.39 is 0 Å². The molecule has 2 aliphatic carbocycles. The van der Waals surface area contributed by atoms with Crippen LogP contribution in [0, 0.1) is 0 Å². The van der Waals surface area contributed by atoms with Crippen LogP contribution in [0.15, 0.2) is 30.6 Å². The molecule has 9 nitrogen and oxygen atoms in total. The second kappa shape index (κ2) is 8.13. The number of fused-ring (bicyclic) bond motifs is 1. The van der Waals surface area contributed by atoms with Crippen LogP contribution < -0.4 is 10.6 Å². The van der Waals surface area contributed by atoms with E-state index in [9.17, 15) is 9.59 Å². The molecule has 1 aliphatic heterocycles. The highest BCUT2D eigenvalue weighted by Crippen LogP contribution is 2.30. The molecular formula is C24H27N7O2. The Labute approximate surface area is 191 Å². The largest absolute Gasteiger partial charge is 0.365 e. The molecule has 0 atom stereocenters. The number of amides is 2. The van der Waals surface area contributed by atoms with Crippen LogP contribution >= 0.6 is 0 Å². The van der Waals surface area contributed by atoms with E-state index in [2.05, 4.69) is 15.6 Å². The maximum atomic E-state index is 12.3. The molecule has 2 saturated carbocycles. The molecule has 1 aromatic carbocycles. The zero-order valence-electron chi connectivity index (χ0n) is 18.5. The van der Waals surface area contributed by atoms with Gasteiger partial charge in [0.2, 0.25) is 5.91 Å². The van der Waals surface area contributed by atoms with Crippen molar-refractivity contribution >= 4 is 28.8 Å². The fourth-order valence-electron chi connectivity index (χ4n) is 4.19. The fourth-order valence-corrected chi connectivity index (χ4v) is 4.19. The molecule has 6 rings (SSSR count). The van der Waals surface area contributed by atoms with Crippen LogP contribution in [0.25, 0.3) is 22.6 Å². The van der Waals surface area contributed by atoms with Gasteiger partial charge in [0.05, 0.1) is 6.33 Å². The van der Waals surface area contributed by atoms with Crippen LogP contribution in [-0.2, 0) is 11.3 Å². The number of carbonyl (C=O) groups is 2. The molecule has 0 radical (unpaired) electrons. The summed E-state index contributed by atoms with van der Waals surface area (Å²) in [7, 11) is 0. The van der Waals surface area contributed by atoms with Crippen molar-refractivity contribution in [2.24, 2.45) is 0 Å². The lowest BCUT2D eigenvalue weighted by Gasteiger charge is -2.16. The molecular weight excluding hydrogens is 418 g/mol. The van der Waals surface area contributed by atoms with E-state index in [0.717, 1.165) is 61.2 Å². The molecule has 2 amide bonds. The Bertz CT molecular complexity index is 1210. The van der Waals surface area contributed by atoms with Crippen molar-refractivity contribution in [2.75, 3.05) is 18.4 Å². The molecule has 2 N–H and O–H groups in total. The highest BCUT2D eigenvalue weighted by Gasteiger charge is 2.26. The summed E-state index contributed by atoms with van der Waals surface area (Å²) in [6.45, 7) is 2.11. The van der Waals surface area contributed by atoms with Gasteiger partial charge in [-0.1, -0.05) is 12.1 Å². The van der Waals surface area contributed by atoms with Gasteiger partial charge in [-0.25, -0.2) is 15.0 Å². The molecule has 0 unspecified atom stereocenters. The standard InChI is InChI=1S/C24H27N7O2/c32-19-2-1-11-30(19)12-13-31-14-25-20-22(26-17-7-8-17)28-21(29-23(20)31)15-3-5-16(6-4-15)24(33)27-18-9-10-18/h3-6,14,17-18H,1-2,7-13H2,(H,27,33)(H,26,28,29). The van der Waals surface area contributed by atoms with E-state index in [0.29, 0.717) is 43.0 Å². The number of nitrogens with zero attached hydrogens (tertiary/aromatic N) is 5. The second-order valence-electron chi connectivity index (χ2n) is 9.23. The van der Waals surface area contributed by atoms with Crippen LogP contribution in [-0.4, -0.2) is 61.4 Å². The van der Waals surface area contributed by atoms with Crippen molar-refractivity contribution < 1.29 is 9.59 Å². The monoisotopic (exact) mass is 445 g/mol. The average Bonchev–Trinajstić information content (AvgIpc) is 3.74. The number of carbonyl (C=O) groups excluding carboxylic acids is 2. The molecule has 9 heteroatoms. The first-order chi connectivity index (χ1) is 16.1. The number of rotatable bonds is 8. The summed E-state index contributed by atoms with van der Waals surface area (Å²) in [5, 5.41) is 6.50. The van der Waals surface area contributed by atoms with Crippen molar-refractivity contribution in [3.63, 3.8) is 0 Å². The van der Waals surface area contributed by atoms with E-state index in [1.807, 2.05) is 33.7 Å². The molecule has 3 heterocycles. The smallest absolute Gasteiger partial charge is 0.251 e. The summed E-state index contributed by atoms with van der Waals surface area (Å²) in [6, 6.07) is 8.20. The summed E-state index contributed by atoms with van der Waals surface area (Å²) in [5.74, 6) is 1.52. The summed E-state index contributed by atoms with van der Waals surface area (Å²) >= 11 is 0. The molecule has 0 spiro atoms. The molecule has 2 aromatic heterocycles. The maximum Gasteiger partial charge on any atom is 0.251 e. The van der Waals surface area contributed by atoms with Gasteiger partial charge in [-0.3, -0.25) is 9.59 Å². The third-order valence-electron chi connectivity index (χ3n) is 6.48. The van der Waals surface area contributed by atoms with Crippen LogP contribution in [0.5, 0.6) is 0 Å². The average molecular weight is 446 g/mol. The van der Waals surface area contributed by atoms with Crippen LogP contribution in [0.3, 0.4) is 0 Å². The van der Waals surface area contributed by atoms with Crippen molar-refractivity contribution in [1.29, 1.82) is 0 Å². The Kier molecular flexibility index (Phi) is 4.96. The van der Waals surface area contributed by atoms with Gasteiger partial charge in [-0.15, -0.1) is 0 Å². The van der Waals surface area contributed by atoms with Crippen LogP contribution in [0.1, 0.15) is 48.9 Å². The lowest BCUT2D eigenvalue weighted by Crippen LogP contribution is -2.28. The van der Waals surface area contributed by atoms with Crippen molar-refractivity contribution in [3.05, 3.63) is 36.2 Å². The summed E-state index contributed by atoms with van der Waals surface area (Å²) in [4.78, 5) is 40.4. The highest BCUT2D eigenvalue weighted by molar-refractivity contribution is 5.95. The lowest BCUT2D eigenvalue weighted by molar-refractivity contribution is -0.127. The zero-order valence-corrected chi connectivity index (χ0v) is 18.5. The number of nitrogens with one attached hydrogen (secondary N) is 2. The zero-order chi connectivity index (χ0) is 22.4. The fraction of sp³-hybridized carbons (Fsp3) is 0.458. The number of aromatic nitrogens is 4. The van der Waals surface area contributed by atoms with Crippen molar-refractivity contribution in [2.45, 2.75) is 57.2 Å². The SMILES string of the molecule is O=C(NC1CC1)c1ccc(-c2nc(NC3CC3)c3ncn(CCN4CCCC4=O)c3n2)cc1. The Morgan fingerprint density at radius 2 is 1.82 bits per heavy atom. The van der Waals surface area contributed by atoms with Gasteiger partial charge in [0.1, 0.15) is 5.52 Å². The first kappa shape index (κ1) is 20.1. The van der Waals surface area contributed by atoms with E-state index in [1.54, 1.807) is 6.33 Å². The van der Waals surface area contributed by atoms with Gasteiger partial charge in [0, 0.05) is 49.3 Å². The first-order valence-corrected chi connectivity index (χ1v) is 11.8. The van der Waals surface area contributed by atoms with E-state index in [4.69, 9.17) is 9.97 Å². The molecule has 3 fully saturated rings. The summed E-state index contributed by atoms with van der Waals surface area (Å²) in [6.07, 6.45) is 7.74. The Morgan fingerprint density at radius 1 is 1.03 bits per heavy atom. The van der Waals surface area contributed by atoms with Gasteiger partial charge in [0.25, 0.3) is 5.91 Å². The number of hydrogen-bond acceptors (Lipinski definition) is 6. The Balaban J connectivity index is 1.30. The minimum Gasteiger partial charge on any atom is -0.365 e. The van der Waals surface area contributed by atoms with E-state index in [1.165, 1.54) is 0 Å². The topological polar surface area (TPSA) is 105 Å². The first-order valence-electron chi connectivity index (χ1n) is 11.8. The molecule has 3 aliphatic rings. The third-order valence-corrected chi connectivity index (χ3v) is 6.48. The van der Waals surface area contributed by atoms with Gasteiger partial charge >= 0.3 is 0 Å². The van der Waals surface area contributed by atoms with Crippen LogP contribution in [0.4, 0.5) is 5.82 Å². The highest BCUT2D eigenvalue weighted by atomic mass is 16.2. The molecule has 3 aromatic rings. The Hall–Kier alpha value is -3.49.